The normalized spacial score (nSPS) is 23.4. The molecule has 0 amide bonds. The Hall–Kier alpha value is -0.170. The van der Waals surface area contributed by atoms with Gasteiger partial charge in [-0.2, -0.15) is 17.4 Å². The Bertz CT molecular complexity index is 346. The molecule has 1 fully saturated rings. The van der Waals surface area contributed by atoms with E-state index in [9.17, 15) is 8.42 Å². The van der Waals surface area contributed by atoms with Crippen LogP contribution < -0.4 is 10.0 Å². The van der Waals surface area contributed by atoms with Gasteiger partial charge in [0.2, 0.25) is 0 Å². The summed E-state index contributed by atoms with van der Waals surface area (Å²) in [4.78, 5) is 0. The Morgan fingerprint density at radius 2 is 2.11 bits per heavy atom. The van der Waals surface area contributed by atoms with E-state index in [0.717, 1.165) is 38.8 Å². The number of hydrogen-bond donors (Lipinski definition) is 2. The van der Waals surface area contributed by atoms with Crippen molar-refractivity contribution in [2.75, 3.05) is 26.2 Å². The molecular formula is C13H29N3O2S. The highest BCUT2D eigenvalue weighted by Gasteiger charge is 2.29. The summed E-state index contributed by atoms with van der Waals surface area (Å²) in [6, 6.07) is 0.00333. The van der Waals surface area contributed by atoms with Crippen molar-refractivity contribution < 1.29 is 8.42 Å². The summed E-state index contributed by atoms with van der Waals surface area (Å²) in [5.41, 5.74) is 0. The van der Waals surface area contributed by atoms with E-state index in [2.05, 4.69) is 17.0 Å². The van der Waals surface area contributed by atoms with E-state index in [1.54, 1.807) is 4.31 Å². The van der Waals surface area contributed by atoms with E-state index < -0.39 is 10.2 Å². The van der Waals surface area contributed by atoms with Crippen LogP contribution in [0.3, 0.4) is 0 Å². The minimum Gasteiger partial charge on any atom is -0.316 e. The average molecular weight is 291 g/mol. The molecule has 2 atom stereocenters. The van der Waals surface area contributed by atoms with Gasteiger partial charge in [-0.25, -0.2) is 0 Å². The zero-order valence-electron chi connectivity index (χ0n) is 12.5. The molecule has 2 unspecified atom stereocenters. The SMILES string of the molecule is CCCNCC1CCCN(S(=O)(=O)NC(C)CC)C1. The van der Waals surface area contributed by atoms with E-state index in [1.807, 2.05) is 13.8 Å². The lowest BCUT2D eigenvalue weighted by Gasteiger charge is -2.32. The molecule has 2 N–H and O–H groups in total. The molecule has 0 radical (unpaired) electrons. The topological polar surface area (TPSA) is 61.4 Å². The number of piperidine rings is 1. The van der Waals surface area contributed by atoms with Gasteiger partial charge < -0.3 is 5.32 Å². The predicted molar refractivity (Wildman–Crippen MR) is 79.3 cm³/mol. The van der Waals surface area contributed by atoms with Gasteiger partial charge in [0.1, 0.15) is 0 Å². The quantitative estimate of drug-likeness (QED) is 0.663. The summed E-state index contributed by atoms with van der Waals surface area (Å²) >= 11 is 0. The molecule has 1 saturated heterocycles. The maximum Gasteiger partial charge on any atom is 0.279 e. The van der Waals surface area contributed by atoms with Crippen molar-refractivity contribution in [3.8, 4) is 0 Å². The summed E-state index contributed by atoms with van der Waals surface area (Å²) in [6.45, 7) is 9.25. The number of nitrogens with zero attached hydrogens (tertiary/aromatic N) is 1. The maximum absolute atomic E-state index is 12.2. The Morgan fingerprint density at radius 3 is 2.74 bits per heavy atom. The van der Waals surface area contributed by atoms with Gasteiger partial charge in [0, 0.05) is 19.1 Å². The molecular weight excluding hydrogens is 262 g/mol. The van der Waals surface area contributed by atoms with Crippen molar-refractivity contribution in [2.24, 2.45) is 5.92 Å². The Labute approximate surface area is 118 Å². The first-order chi connectivity index (χ1) is 8.99. The van der Waals surface area contributed by atoms with Gasteiger partial charge in [0.05, 0.1) is 0 Å². The highest BCUT2D eigenvalue weighted by molar-refractivity contribution is 7.87. The second-order valence-corrected chi connectivity index (χ2v) is 7.20. The van der Waals surface area contributed by atoms with Crippen molar-refractivity contribution >= 4 is 10.2 Å². The summed E-state index contributed by atoms with van der Waals surface area (Å²) in [6.07, 6.45) is 4.00. The monoisotopic (exact) mass is 291 g/mol. The van der Waals surface area contributed by atoms with Crippen molar-refractivity contribution in [3.63, 3.8) is 0 Å². The molecule has 0 aliphatic carbocycles. The van der Waals surface area contributed by atoms with E-state index in [0.29, 0.717) is 19.0 Å². The van der Waals surface area contributed by atoms with Gasteiger partial charge in [0.25, 0.3) is 10.2 Å². The van der Waals surface area contributed by atoms with Gasteiger partial charge in [-0.05, 0) is 51.6 Å². The van der Waals surface area contributed by atoms with E-state index in [-0.39, 0.29) is 6.04 Å². The fraction of sp³-hybridized carbons (Fsp3) is 1.00. The van der Waals surface area contributed by atoms with Crippen LogP contribution in [0.1, 0.15) is 46.5 Å². The fourth-order valence-electron chi connectivity index (χ4n) is 2.31. The lowest BCUT2D eigenvalue weighted by Crippen LogP contribution is -2.49. The Balaban J connectivity index is 2.49. The Morgan fingerprint density at radius 1 is 1.37 bits per heavy atom. The molecule has 114 valence electrons. The van der Waals surface area contributed by atoms with Crippen LogP contribution in [0.5, 0.6) is 0 Å². The van der Waals surface area contributed by atoms with E-state index >= 15 is 0 Å². The lowest BCUT2D eigenvalue weighted by atomic mass is 10.00. The van der Waals surface area contributed by atoms with Crippen LogP contribution in [-0.2, 0) is 10.2 Å². The molecule has 0 aromatic rings. The number of nitrogens with one attached hydrogen (secondary N) is 2. The van der Waals surface area contributed by atoms with Crippen molar-refractivity contribution in [1.29, 1.82) is 0 Å². The van der Waals surface area contributed by atoms with Crippen LogP contribution in [0.4, 0.5) is 0 Å². The average Bonchev–Trinajstić information content (AvgIpc) is 2.39. The molecule has 1 aliphatic heterocycles. The van der Waals surface area contributed by atoms with Crippen LogP contribution in [0.25, 0.3) is 0 Å². The van der Waals surface area contributed by atoms with Crippen molar-refractivity contribution in [3.05, 3.63) is 0 Å². The zero-order chi connectivity index (χ0) is 14.3. The smallest absolute Gasteiger partial charge is 0.279 e. The minimum absolute atomic E-state index is 0.00333. The van der Waals surface area contributed by atoms with Crippen molar-refractivity contribution in [1.82, 2.24) is 14.3 Å². The first-order valence-electron chi connectivity index (χ1n) is 7.47. The highest BCUT2D eigenvalue weighted by Crippen LogP contribution is 2.18. The molecule has 1 rings (SSSR count). The first-order valence-corrected chi connectivity index (χ1v) is 8.91. The maximum atomic E-state index is 12.2. The molecule has 0 saturated carbocycles. The molecule has 1 heterocycles. The Kier molecular flexibility index (Phi) is 7.28. The van der Waals surface area contributed by atoms with Crippen molar-refractivity contribution in [2.45, 2.75) is 52.5 Å². The minimum atomic E-state index is -3.30. The summed E-state index contributed by atoms with van der Waals surface area (Å²) in [5.74, 6) is 0.439. The van der Waals surface area contributed by atoms with Gasteiger partial charge in [-0.15, -0.1) is 0 Å². The largest absolute Gasteiger partial charge is 0.316 e. The van der Waals surface area contributed by atoms with Crippen LogP contribution in [-0.4, -0.2) is 44.9 Å². The van der Waals surface area contributed by atoms with Gasteiger partial charge in [0.15, 0.2) is 0 Å². The molecule has 6 heteroatoms. The third-order valence-electron chi connectivity index (χ3n) is 3.64. The predicted octanol–water partition coefficient (Wildman–Crippen LogP) is 1.33. The molecule has 0 bridgehead atoms. The standard InChI is InChI=1S/C13H29N3O2S/c1-4-8-14-10-13-7-6-9-16(11-13)19(17,18)15-12(3)5-2/h12-15H,4-11H2,1-3H3. The number of hydrogen-bond acceptors (Lipinski definition) is 3. The number of rotatable bonds is 8. The van der Waals surface area contributed by atoms with Crippen LogP contribution in [0.15, 0.2) is 0 Å². The van der Waals surface area contributed by atoms with Crippen LogP contribution in [0, 0.1) is 5.92 Å². The molecule has 0 aromatic carbocycles. The summed E-state index contributed by atoms with van der Waals surface area (Å²) in [7, 11) is -3.30. The second-order valence-electron chi connectivity index (χ2n) is 5.50. The third-order valence-corrected chi connectivity index (χ3v) is 5.36. The second kappa shape index (κ2) is 8.19. The molecule has 1 aliphatic rings. The molecule has 0 spiro atoms. The molecule has 0 aromatic heterocycles. The lowest BCUT2D eigenvalue weighted by molar-refractivity contribution is 0.257. The highest BCUT2D eigenvalue weighted by atomic mass is 32.2. The van der Waals surface area contributed by atoms with E-state index in [4.69, 9.17) is 0 Å². The molecule has 5 nitrogen and oxygen atoms in total. The summed E-state index contributed by atoms with van der Waals surface area (Å²) < 4.78 is 28.8. The van der Waals surface area contributed by atoms with Gasteiger partial charge >= 0.3 is 0 Å². The first kappa shape index (κ1) is 16.9. The van der Waals surface area contributed by atoms with E-state index in [1.165, 1.54) is 0 Å². The third kappa shape index (κ3) is 5.77. The fourth-order valence-corrected chi connectivity index (χ4v) is 3.91. The van der Waals surface area contributed by atoms with Gasteiger partial charge in [-0.1, -0.05) is 13.8 Å². The summed E-state index contributed by atoms with van der Waals surface area (Å²) in [5, 5.41) is 3.39. The molecule has 19 heavy (non-hydrogen) atoms. The van der Waals surface area contributed by atoms with Crippen LogP contribution in [0.2, 0.25) is 0 Å². The zero-order valence-corrected chi connectivity index (χ0v) is 13.3. The van der Waals surface area contributed by atoms with Crippen LogP contribution >= 0.6 is 0 Å². The van der Waals surface area contributed by atoms with Gasteiger partial charge in [-0.3, -0.25) is 0 Å².